The van der Waals surface area contributed by atoms with Gasteiger partial charge in [-0.2, -0.15) is 31.4 Å². The number of furan rings is 1. The molecule has 0 aliphatic rings. The second-order valence-corrected chi connectivity index (χ2v) is 8.01. The Hall–Kier alpha value is -4.03. The quantitative estimate of drug-likeness (QED) is 0.298. The minimum absolute atomic E-state index is 0.0464. The van der Waals surface area contributed by atoms with E-state index in [0.717, 1.165) is 12.1 Å². The molecule has 4 rings (SSSR count). The molecule has 4 aromatic rings. The fourth-order valence-corrected chi connectivity index (χ4v) is 3.65. The Morgan fingerprint density at radius 1 is 1.06 bits per heavy atom. The molecule has 0 fully saturated rings. The van der Waals surface area contributed by atoms with E-state index in [0.29, 0.717) is 5.76 Å². The van der Waals surface area contributed by atoms with E-state index >= 15 is 0 Å². The summed E-state index contributed by atoms with van der Waals surface area (Å²) in [6.07, 6.45) is -7.82. The van der Waals surface area contributed by atoms with E-state index in [1.807, 2.05) is 0 Å². The third-order valence-corrected chi connectivity index (χ3v) is 5.22. The Morgan fingerprint density at radius 2 is 1.81 bits per heavy atom. The number of halogens is 6. The molecular weight excluding hydrogens is 494 g/mol. The second kappa shape index (κ2) is 9.55. The molecule has 1 atom stereocenters. The monoisotopic (exact) mass is 512 g/mol. The highest BCUT2D eigenvalue weighted by Gasteiger charge is 2.32. The number of benzene rings is 1. The summed E-state index contributed by atoms with van der Waals surface area (Å²) >= 11 is 0. The Bertz CT molecular complexity index is 1340. The number of anilines is 1. The lowest BCUT2D eigenvalue weighted by molar-refractivity contribution is -0.127. The van der Waals surface area contributed by atoms with Gasteiger partial charge in [-0.15, -0.1) is 0 Å². The summed E-state index contributed by atoms with van der Waals surface area (Å²) in [6.45, 7) is 1.55. The van der Waals surface area contributed by atoms with Gasteiger partial charge in [0.1, 0.15) is 0 Å². The zero-order valence-electron chi connectivity index (χ0n) is 18.5. The van der Waals surface area contributed by atoms with Gasteiger partial charge in [-0.3, -0.25) is 9.48 Å². The zero-order chi connectivity index (χ0) is 26.1. The number of amides is 1. The van der Waals surface area contributed by atoms with Crippen LogP contribution in [-0.2, 0) is 12.8 Å². The third kappa shape index (κ3) is 6.15. The van der Waals surface area contributed by atoms with Gasteiger partial charge in [-0.1, -0.05) is 23.4 Å². The van der Waals surface area contributed by atoms with Crippen molar-refractivity contribution in [3.8, 4) is 11.5 Å². The van der Waals surface area contributed by atoms with Crippen molar-refractivity contribution in [1.29, 1.82) is 0 Å². The van der Waals surface area contributed by atoms with Crippen LogP contribution in [0.2, 0.25) is 0 Å². The van der Waals surface area contributed by atoms with E-state index in [4.69, 9.17) is 8.94 Å². The lowest BCUT2D eigenvalue weighted by Gasteiger charge is -2.19. The number of carbonyl (C=O) groups is 1. The normalized spacial score (nSPS) is 13.1. The Morgan fingerprint density at radius 3 is 2.47 bits per heavy atom. The highest BCUT2D eigenvalue weighted by atomic mass is 19.4. The molecule has 0 saturated heterocycles. The number of carbonyl (C=O) groups excluding carboxylic acids is 1. The standard InChI is InChI=1S/C23H18F6N4O3/c1-13(17-5-4-14(9-22(24,25)26)7-15(17)10-23(27,28)29)33-12-16(11-30-33)31-21(34)18-8-20(36-32-18)19-3-2-6-35-19/h2-8,11-13H,9-10H2,1H3,(H,31,34). The predicted molar refractivity (Wildman–Crippen MR) is 114 cm³/mol. The van der Waals surface area contributed by atoms with Gasteiger partial charge in [-0.25, -0.2) is 0 Å². The molecular formula is C23H18F6N4O3. The minimum atomic E-state index is -4.62. The SMILES string of the molecule is CC(c1ccc(CC(F)(F)F)cc1CC(F)(F)F)n1cc(NC(=O)c2cc(-c3ccco3)on2)cn1. The summed E-state index contributed by atoms with van der Waals surface area (Å²) in [7, 11) is 0. The molecule has 0 saturated carbocycles. The van der Waals surface area contributed by atoms with Crippen molar-refractivity contribution < 1.29 is 40.1 Å². The number of hydrogen-bond donors (Lipinski definition) is 1. The molecule has 36 heavy (non-hydrogen) atoms. The Labute approximate surface area is 199 Å². The molecule has 3 heterocycles. The van der Waals surface area contributed by atoms with Crippen molar-refractivity contribution in [1.82, 2.24) is 14.9 Å². The molecule has 13 heteroatoms. The lowest BCUT2D eigenvalue weighted by atomic mass is 9.95. The molecule has 7 nitrogen and oxygen atoms in total. The van der Waals surface area contributed by atoms with E-state index in [2.05, 4.69) is 15.6 Å². The van der Waals surface area contributed by atoms with E-state index in [1.54, 1.807) is 19.1 Å². The van der Waals surface area contributed by atoms with Crippen LogP contribution in [0.15, 0.2) is 64.0 Å². The van der Waals surface area contributed by atoms with Gasteiger partial charge in [0.25, 0.3) is 5.91 Å². The molecule has 0 bridgehead atoms. The van der Waals surface area contributed by atoms with Gasteiger partial charge < -0.3 is 14.3 Å². The third-order valence-electron chi connectivity index (χ3n) is 5.22. The number of nitrogens with zero attached hydrogens (tertiary/aromatic N) is 3. The molecule has 190 valence electrons. The van der Waals surface area contributed by atoms with E-state index in [1.165, 1.54) is 35.5 Å². The smallest absolute Gasteiger partial charge is 0.393 e. The molecule has 3 aromatic heterocycles. The molecule has 1 amide bonds. The molecule has 0 aliphatic carbocycles. The van der Waals surface area contributed by atoms with Crippen molar-refractivity contribution in [2.45, 2.75) is 38.2 Å². The van der Waals surface area contributed by atoms with Gasteiger partial charge in [0.05, 0.1) is 37.0 Å². The van der Waals surface area contributed by atoms with Crippen LogP contribution in [-0.4, -0.2) is 33.2 Å². The Kier molecular flexibility index (Phi) is 6.65. The van der Waals surface area contributed by atoms with Crippen LogP contribution < -0.4 is 5.32 Å². The molecule has 0 radical (unpaired) electrons. The van der Waals surface area contributed by atoms with E-state index in [9.17, 15) is 31.1 Å². The summed E-state index contributed by atoms with van der Waals surface area (Å²) in [5.41, 5.74) is -0.229. The maximum atomic E-state index is 13.1. The van der Waals surface area contributed by atoms with Crippen LogP contribution in [0.3, 0.4) is 0 Å². The maximum absolute atomic E-state index is 13.1. The predicted octanol–water partition coefficient (Wildman–Crippen LogP) is 6.20. The average Bonchev–Trinajstić information content (AvgIpc) is 3.52. The Balaban J connectivity index is 1.52. The van der Waals surface area contributed by atoms with Crippen LogP contribution in [0.25, 0.3) is 11.5 Å². The van der Waals surface area contributed by atoms with Gasteiger partial charge in [-0.05, 0) is 35.7 Å². The van der Waals surface area contributed by atoms with Crippen LogP contribution >= 0.6 is 0 Å². The molecule has 1 N–H and O–H groups in total. The zero-order valence-corrected chi connectivity index (χ0v) is 18.5. The fourth-order valence-electron chi connectivity index (χ4n) is 3.65. The van der Waals surface area contributed by atoms with E-state index < -0.39 is 37.1 Å². The first-order valence-electron chi connectivity index (χ1n) is 10.5. The van der Waals surface area contributed by atoms with Gasteiger partial charge in [0.15, 0.2) is 11.5 Å². The van der Waals surface area contributed by atoms with Crippen LogP contribution in [0.1, 0.15) is 40.1 Å². The second-order valence-electron chi connectivity index (χ2n) is 8.01. The van der Waals surface area contributed by atoms with Gasteiger partial charge in [0, 0.05) is 12.3 Å². The summed E-state index contributed by atoms with van der Waals surface area (Å²) in [4.78, 5) is 12.5. The van der Waals surface area contributed by atoms with Crippen molar-refractivity contribution >= 4 is 11.6 Å². The lowest BCUT2D eigenvalue weighted by Crippen LogP contribution is -2.18. The van der Waals surface area contributed by atoms with Crippen molar-refractivity contribution in [3.05, 3.63) is 77.4 Å². The van der Waals surface area contributed by atoms with Crippen molar-refractivity contribution in [3.63, 3.8) is 0 Å². The fraction of sp³-hybridized carbons (Fsp3) is 0.261. The first-order valence-corrected chi connectivity index (χ1v) is 10.5. The van der Waals surface area contributed by atoms with Gasteiger partial charge >= 0.3 is 12.4 Å². The van der Waals surface area contributed by atoms with E-state index in [-0.39, 0.29) is 33.8 Å². The largest absolute Gasteiger partial charge is 0.461 e. The average molecular weight is 512 g/mol. The number of rotatable bonds is 7. The topological polar surface area (TPSA) is 86.1 Å². The summed E-state index contributed by atoms with van der Waals surface area (Å²) in [5.74, 6) is -0.0160. The number of nitrogens with one attached hydrogen (secondary N) is 1. The first-order chi connectivity index (χ1) is 16.9. The molecule has 0 spiro atoms. The maximum Gasteiger partial charge on any atom is 0.393 e. The first kappa shape index (κ1) is 25.1. The number of alkyl halides is 6. The van der Waals surface area contributed by atoms with Crippen LogP contribution in [0.4, 0.5) is 32.0 Å². The molecule has 1 aromatic carbocycles. The summed E-state index contributed by atoms with van der Waals surface area (Å²) in [5, 5.41) is 10.3. The van der Waals surface area contributed by atoms with Gasteiger partial charge in [0.2, 0.25) is 5.76 Å². The number of hydrogen-bond acceptors (Lipinski definition) is 5. The molecule has 0 aliphatic heterocycles. The summed E-state index contributed by atoms with van der Waals surface area (Å²) in [6, 6.07) is 7.15. The van der Waals surface area contributed by atoms with Crippen molar-refractivity contribution in [2.75, 3.05) is 5.32 Å². The minimum Gasteiger partial charge on any atom is -0.461 e. The molecule has 1 unspecified atom stereocenters. The van der Waals surface area contributed by atoms with Crippen LogP contribution in [0.5, 0.6) is 0 Å². The highest BCUT2D eigenvalue weighted by molar-refractivity contribution is 6.03. The van der Waals surface area contributed by atoms with Crippen molar-refractivity contribution in [2.24, 2.45) is 0 Å². The number of aromatic nitrogens is 3. The highest BCUT2D eigenvalue weighted by Crippen LogP contribution is 2.31. The van der Waals surface area contributed by atoms with Crippen LogP contribution in [0, 0.1) is 0 Å². The summed E-state index contributed by atoms with van der Waals surface area (Å²) < 4.78 is 89.2.